The van der Waals surface area contributed by atoms with Gasteiger partial charge in [0.25, 0.3) is 5.91 Å². The van der Waals surface area contributed by atoms with Gasteiger partial charge in [0.2, 0.25) is 0 Å². The summed E-state index contributed by atoms with van der Waals surface area (Å²) in [6, 6.07) is -0.474. The smallest absolute Gasteiger partial charge is 0.252 e. The fourth-order valence-electron chi connectivity index (χ4n) is 1.16. The second kappa shape index (κ2) is 6.32. The van der Waals surface area contributed by atoms with Gasteiger partial charge in [-0.15, -0.1) is 0 Å². The number of oxime groups is 1. The summed E-state index contributed by atoms with van der Waals surface area (Å²) in [5.74, 6) is -0.277. The molecular formula is C10H21N3O3. The molecule has 0 aliphatic heterocycles. The van der Waals surface area contributed by atoms with Crippen LogP contribution >= 0.6 is 0 Å². The Kier molecular flexibility index (Phi) is 5.81. The maximum atomic E-state index is 11.9. The minimum atomic E-state index is -0.886. The Morgan fingerprint density at radius 2 is 2.19 bits per heavy atom. The highest BCUT2D eigenvalue weighted by molar-refractivity contribution is 5.92. The monoisotopic (exact) mass is 231 g/mol. The van der Waals surface area contributed by atoms with E-state index in [1.807, 2.05) is 13.8 Å². The van der Waals surface area contributed by atoms with Gasteiger partial charge in [0.1, 0.15) is 5.60 Å². The lowest BCUT2D eigenvalue weighted by Gasteiger charge is -2.27. The number of hydrogen-bond acceptors (Lipinski definition) is 4. The third-order valence-electron chi connectivity index (χ3n) is 2.79. The summed E-state index contributed by atoms with van der Waals surface area (Å²) in [4.78, 5) is 11.9. The Morgan fingerprint density at radius 3 is 2.50 bits per heavy atom. The first-order valence-corrected chi connectivity index (χ1v) is 5.28. The number of hydrogen-bond donors (Lipinski definition) is 3. The Balaban J connectivity index is 4.65. The number of amides is 1. The molecule has 0 aromatic heterocycles. The molecule has 0 saturated heterocycles. The van der Waals surface area contributed by atoms with E-state index in [0.29, 0.717) is 12.8 Å². The number of amidine groups is 1. The molecule has 2 atom stereocenters. The molecular weight excluding hydrogens is 210 g/mol. The predicted octanol–water partition coefficient (Wildman–Crippen LogP) is 0.443. The maximum absolute atomic E-state index is 11.9. The molecule has 6 nitrogen and oxygen atoms in total. The van der Waals surface area contributed by atoms with Crippen LogP contribution in [0.4, 0.5) is 0 Å². The molecule has 0 heterocycles. The fraction of sp³-hybridized carbons (Fsp3) is 0.800. The van der Waals surface area contributed by atoms with E-state index in [1.165, 1.54) is 7.11 Å². The zero-order valence-corrected chi connectivity index (χ0v) is 10.3. The lowest BCUT2D eigenvalue weighted by molar-refractivity contribution is -0.142. The second-order valence-corrected chi connectivity index (χ2v) is 3.75. The Morgan fingerprint density at radius 1 is 1.62 bits per heavy atom. The molecule has 16 heavy (non-hydrogen) atoms. The van der Waals surface area contributed by atoms with Crippen molar-refractivity contribution in [1.82, 2.24) is 5.32 Å². The normalized spacial score (nSPS) is 17.6. The average Bonchev–Trinajstić information content (AvgIpc) is 2.33. The highest BCUT2D eigenvalue weighted by Gasteiger charge is 2.32. The highest BCUT2D eigenvalue weighted by Crippen LogP contribution is 2.14. The van der Waals surface area contributed by atoms with Crippen molar-refractivity contribution < 1.29 is 14.7 Å². The molecule has 0 aromatic carbocycles. The fourth-order valence-corrected chi connectivity index (χ4v) is 1.16. The van der Waals surface area contributed by atoms with Gasteiger partial charge in [-0.3, -0.25) is 4.79 Å². The van der Waals surface area contributed by atoms with Crippen molar-refractivity contribution in [3.05, 3.63) is 0 Å². The van der Waals surface area contributed by atoms with Crippen LogP contribution in [-0.2, 0) is 9.53 Å². The number of nitrogens with one attached hydrogen (secondary N) is 1. The molecule has 6 heteroatoms. The number of ether oxygens (including phenoxy) is 1. The predicted molar refractivity (Wildman–Crippen MR) is 61.3 cm³/mol. The number of carbonyl (C=O) groups is 1. The average molecular weight is 231 g/mol. The van der Waals surface area contributed by atoms with Crippen LogP contribution in [0.5, 0.6) is 0 Å². The molecule has 4 N–H and O–H groups in total. The largest absolute Gasteiger partial charge is 0.409 e. The summed E-state index contributed by atoms with van der Waals surface area (Å²) >= 11 is 0. The maximum Gasteiger partial charge on any atom is 0.252 e. The van der Waals surface area contributed by atoms with Crippen LogP contribution < -0.4 is 11.1 Å². The van der Waals surface area contributed by atoms with Gasteiger partial charge in [-0.1, -0.05) is 19.0 Å². The van der Waals surface area contributed by atoms with Gasteiger partial charge in [0.15, 0.2) is 5.84 Å². The van der Waals surface area contributed by atoms with Gasteiger partial charge in [-0.05, 0) is 19.8 Å². The van der Waals surface area contributed by atoms with Crippen LogP contribution in [0, 0.1) is 0 Å². The van der Waals surface area contributed by atoms with Crippen molar-refractivity contribution in [2.24, 2.45) is 10.9 Å². The molecule has 0 fully saturated rings. The number of nitrogens with zero attached hydrogens (tertiary/aromatic N) is 1. The van der Waals surface area contributed by atoms with Crippen molar-refractivity contribution in [2.75, 3.05) is 7.11 Å². The van der Waals surface area contributed by atoms with Crippen molar-refractivity contribution >= 4 is 11.7 Å². The molecule has 0 rings (SSSR count). The van der Waals surface area contributed by atoms with Crippen molar-refractivity contribution in [1.29, 1.82) is 0 Å². The van der Waals surface area contributed by atoms with Gasteiger partial charge >= 0.3 is 0 Å². The molecule has 94 valence electrons. The van der Waals surface area contributed by atoms with E-state index < -0.39 is 11.6 Å². The molecule has 0 radical (unpaired) electrons. The molecule has 0 aromatic rings. The van der Waals surface area contributed by atoms with Gasteiger partial charge in [0, 0.05) is 7.11 Å². The third kappa shape index (κ3) is 3.37. The van der Waals surface area contributed by atoms with Gasteiger partial charge in [-0.25, -0.2) is 0 Å². The number of nitrogens with two attached hydrogens (primary N) is 1. The standard InChI is InChI=1S/C10H21N3O3/c1-5-7(8(11)13-15)12-9(14)10(3,6-2)16-4/h7,15H,5-6H2,1-4H3,(H2,11,13)(H,12,14). The van der Waals surface area contributed by atoms with Gasteiger partial charge < -0.3 is 21.0 Å². The quantitative estimate of drug-likeness (QED) is 0.267. The topological polar surface area (TPSA) is 96.9 Å². The summed E-state index contributed by atoms with van der Waals surface area (Å²) in [6.45, 7) is 5.38. The zero-order chi connectivity index (χ0) is 12.8. The van der Waals surface area contributed by atoms with Gasteiger partial charge in [0.05, 0.1) is 6.04 Å². The molecule has 2 unspecified atom stereocenters. The van der Waals surface area contributed by atoms with E-state index in [-0.39, 0.29) is 11.7 Å². The first-order valence-electron chi connectivity index (χ1n) is 5.28. The van der Waals surface area contributed by atoms with Crippen LogP contribution in [0.2, 0.25) is 0 Å². The van der Waals surface area contributed by atoms with Crippen LogP contribution in [-0.4, -0.2) is 35.7 Å². The lowest BCUT2D eigenvalue weighted by atomic mass is 10.0. The second-order valence-electron chi connectivity index (χ2n) is 3.75. The van der Waals surface area contributed by atoms with E-state index in [2.05, 4.69) is 10.5 Å². The molecule has 1 amide bonds. The van der Waals surface area contributed by atoms with E-state index in [1.54, 1.807) is 6.92 Å². The number of methoxy groups -OCH3 is 1. The summed E-state index contributed by atoms with van der Waals surface area (Å²) in [5.41, 5.74) is 4.56. The first kappa shape index (κ1) is 14.7. The van der Waals surface area contributed by atoms with Crippen LogP contribution in [0.15, 0.2) is 5.16 Å². The van der Waals surface area contributed by atoms with E-state index in [9.17, 15) is 4.79 Å². The van der Waals surface area contributed by atoms with Crippen LogP contribution in [0.1, 0.15) is 33.6 Å². The third-order valence-corrected chi connectivity index (χ3v) is 2.79. The number of carbonyl (C=O) groups excluding carboxylic acids is 1. The summed E-state index contributed by atoms with van der Waals surface area (Å²) in [5, 5.41) is 14.1. The minimum Gasteiger partial charge on any atom is -0.409 e. The van der Waals surface area contributed by atoms with E-state index >= 15 is 0 Å². The SMILES string of the molecule is CCC(NC(=O)C(C)(CC)OC)C(N)=NO. The highest BCUT2D eigenvalue weighted by atomic mass is 16.5. The minimum absolute atomic E-state index is 0.00888. The Hall–Kier alpha value is -1.30. The first-order chi connectivity index (χ1) is 7.45. The summed E-state index contributed by atoms with van der Waals surface area (Å²) < 4.78 is 5.15. The van der Waals surface area contributed by atoms with Crippen molar-refractivity contribution in [2.45, 2.75) is 45.3 Å². The molecule has 0 aliphatic carbocycles. The molecule has 0 spiro atoms. The molecule has 0 aliphatic rings. The van der Waals surface area contributed by atoms with E-state index in [0.717, 1.165) is 0 Å². The van der Waals surface area contributed by atoms with Crippen molar-refractivity contribution in [3.63, 3.8) is 0 Å². The molecule has 0 saturated carbocycles. The number of rotatable bonds is 6. The zero-order valence-electron chi connectivity index (χ0n) is 10.3. The van der Waals surface area contributed by atoms with Crippen molar-refractivity contribution in [3.8, 4) is 0 Å². The Labute approximate surface area is 95.8 Å². The van der Waals surface area contributed by atoms with Crippen LogP contribution in [0.25, 0.3) is 0 Å². The lowest BCUT2D eigenvalue weighted by Crippen LogP contribution is -2.52. The summed E-state index contributed by atoms with van der Waals surface area (Å²) in [6.07, 6.45) is 1.09. The molecule has 0 bridgehead atoms. The Bertz CT molecular complexity index is 262. The van der Waals surface area contributed by atoms with E-state index in [4.69, 9.17) is 15.7 Å². The summed E-state index contributed by atoms with van der Waals surface area (Å²) in [7, 11) is 1.48. The van der Waals surface area contributed by atoms with Crippen LogP contribution in [0.3, 0.4) is 0 Å². The van der Waals surface area contributed by atoms with Gasteiger partial charge in [-0.2, -0.15) is 0 Å².